The van der Waals surface area contributed by atoms with Crippen molar-refractivity contribution in [3.8, 4) is 0 Å². The summed E-state index contributed by atoms with van der Waals surface area (Å²) in [7, 11) is 0. The van der Waals surface area contributed by atoms with Crippen LogP contribution in [0.1, 0.15) is 27.5 Å². The lowest BCUT2D eigenvalue weighted by atomic mass is 10.0. The molecule has 0 aliphatic heterocycles. The number of benzene rings is 2. The lowest BCUT2D eigenvalue weighted by molar-refractivity contribution is 0.102. The van der Waals surface area contributed by atoms with Crippen molar-refractivity contribution in [3.05, 3.63) is 95.8 Å². The van der Waals surface area contributed by atoms with E-state index in [1.807, 2.05) is 30.3 Å². The number of rotatable bonds is 8. The highest BCUT2D eigenvalue weighted by atomic mass is 16.5. The molecule has 0 aliphatic carbocycles. The fourth-order valence-corrected chi connectivity index (χ4v) is 2.87. The maximum absolute atomic E-state index is 12.4. The first-order chi connectivity index (χ1) is 15.5. The van der Waals surface area contributed by atoms with Gasteiger partial charge in [0.05, 0.1) is 6.04 Å². The van der Waals surface area contributed by atoms with Crippen LogP contribution in [0.25, 0.3) is 0 Å². The molecule has 0 saturated carbocycles. The molecular weight excluding hydrogens is 412 g/mol. The Kier molecular flexibility index (Phi) is 7.74. The Labute approximate surface area is 184 Å². The SMILES string of the molecule is O=C(O)NC(CNC(=O)OCc1ccccc1)c1ccc(C(=O)Nc2ccncc2)cc1. The van der Waals surface area contributed by atoms with Crippen LogP contribution in [-0.4, -0.2) is 34.7 Å². The van der Waals surface area contributed by atoms with E-state index in [1.165, 1.54) is 0 Å². The Morgan fingerprint density at radius 3 is 2.28 bits per heavy atom. The molecule has 0 aliphatic rings. The van der Waals surface area contributed by atoms with Gasteiger partial charge in [0.25, 0.3) is 5.91 Å². The fraction of sp³-hybridized carbons (Fsp3) is 0.130. The number of amides is 3. The highest BCUT2D eigenvalue weighted by molar-refractivity contribution is 6.04. The smallest absolute Gasteiger partial charge is 0.407 e. The second kappa shape index (κ2) is 11.1. The molecule has 3 rings (SSSR count). The minimum absolute atomic E-state index is 0.0253. The van der Waals surface area contributed by atoms with E-state index < -0.39 is 18.2 Å². The lowest BCUT2D eigenvalue weighted by Crippen LogP contribution is -2.37. The minimum Gasteiger partial charge on any atom is -0.465 e. The third-order valence-electron chi connectivity index (χ3n) is 4.47. The van der Waals surface area contributed by atoms with Gasteiger partial charge in [-0.3, -0.25) is 9.78 Å². The summed E-state index contributed by atoms with van der Waals surface area (Å²) in [5.41, 5.74) is 2.42. The molecule has 9 heteroatoms. The minimum atomic E-state index is -1.24. The van der Waals surface area contributed by atoms with Gasteiger partial charge in [0.15, 0.2) is 0 Å². The highest BCUT2D eigenvalue weighted by Crippen LogP contribution is 2.15. The second-order valence-electron chi connectivity index (χ2n) is 6.76. The van der Waals surface area contributed by atoms with Gasteiger partial charge in [-0.25, -0.2) is 9.59 Å². The number of carbonyl (C=O) groups excluding carboxylic acids is 2. The van der Waals surface area contributed by atoms with Crippen molar-refractivity contribution in [1.82, 2.24) is 15.6 Å². The van der Waals surface area contributed by atoms with E-state index in [2.05, 4.69) is 20.9 Å². The van der Waals surface area contributed by atoms with E-state index >= 15 is 0 Å². The van der Waals surface area contributed by atoms with E-state index in [4.69, 9.17) is 9.84 Å². The van der Waals surface area contributed by atoms with Crippen LogP contribution in [0.5, 0.6) is 0 Å². The van der Waals surface area contributed by atoms with Gasteiger partial charge in [0.1, 0.15) is 6.61 Å². The van der Waals surface area contributed by atoms with Crippen molar-refractivity contribution in [2.24, 2.45) is 0 Å². The van der Waals surface area contributed by atoms with Crippen LogP contribution >= 0.6 is 0 Å². The number of hydrogen-bond acceptors (Lipinski definition) is 5. The molecule has 0 bridgehead atoms. The van der Waals surface area contributed by atoms with E-state index in [0.717, 1.165) is 5.56 Å². The van der Waals surface area contributed by atoms with Crippen LogP contribution < -0.4 is 16.0 Å². The van der Waals surface area contributed by atoms with Crippen LogP contribution in [0, 0.1) is 0 Å². The van der Waals surface area contributed by atoms with Crippen molar-refractivity contribution < 1.29 is 24.2 Å². The van der Waals surface area contributed by atoms with Crippen LogP contribution in [-0.2, 0) is 11.3 Å². The van der Waals surface area contributed by atoms with Crippen molar-refractivity contribution in [2.45, 2.75) is 12.6 Å². The molecule has 1 aromatic heterocycles. The molecular formula is C23H22N4O5. The van der Waals surface area contributed by atoms with E-state index in [1.54, 1.807) is 48.8 Å². The van der Waals surface area contributed by atoms with Gasteiger partial charge in [0.2, 0.25) is 0 Å². The summed E-state index contributed by atoms with van der Waals surface area (Å²) in [6.45, 7) is 0.0769. The number of hydrogen-bond donors (Lipinski definition) is 4. The number of anilines is 1. The molecule has 1 unspecified atom stereocenters. The number of carbonyl (C=O) groups is 3. The first-order valence-electron chi connectivity index (χ1n) is 9.76. The summed E-state index contributed by atoms with van der Waals surface area (Å²) in [5.74, 6) is -0.312. The van der Waals surface area contributed by atoms with Gasteiger partial charge in [-0.05, 0) is 35.4 Å². The highest BCUT2D eigenvalue weighted by Gasteiger charge is 2.17. The zero-order valence-electron chi connectivity index (χ0n) is 17.0. The molecule has 0 saturated heterocycles. The van der Waals surface area contributed by atoms with Crippen molar-refractivity contribution >= 4 is 23.8 Å². The number of nitrogens with one attached hydrogen (secondary N) is 3. The maximum atomic E-state index is 12.4. The monoisotopic (exact) mass is 434 g/mol. The summed E-state index contributed by atoms with van der Waals surface area (Å²) in [6, 6.07) is 18.2. The molecule has 3 amide bonds. The molecule has 9 nitrogen and oxygen atoms in total. The normalized spacial score (nSPS) is 11.1. The number of aromatic nitrogens is 1. The Balaban J connectivity index is 1.58. The van der Waals surface area contributed by atoms with Gasteiger partial charge in [-0.1, -0.05) is 42.5 Å². The second-order valence-corrected chi connectivity index (χ2v) is 6.76. The number of alkyl carbamates (subject to hydrolysis) is 1. The Morgan fingerprint density at radius 2 is 1.62 bits per heavy atom. The zero-order valence-corrected chi connectivity index (χ0v) is 17.0. The number of carboxylic acid groups (broad SMARTS) is 1. The first kappa shape index (κ1) is 22.3. The number of nitrogens with zero attached hydrogens (tertiary/aromatic N) is 1. The van der Waals surface area contributed by atoms with Crippen LogP contribution in [0.4, 0.5) is 15.3 Å². The lowest BCUT2D eigenvalue weighted by Gasteiger charge is -2.18. The molecule has 3 aromatic rings. The largest absolute Gasteiger partial charge is 0.465 e. The van der Waals surface area contributed by atoms with E-state index in [0.29, 0.717) is 16.8 Å². The molecule has 4 N–H and O–H groups in total. The summed E-state index contributed by atoms with van der Waals surface area (Å²) in [5, 5.41) is 16.8. The third kappa shape index (κ3) is 6.84. The molecule has 164 valence electrons. The third-order valence-corrected chi connectivity index (χ3v) is 4.47. The van der Waals surface area contributed by atoms with Crippen LogP contribution in [0.3, 0.4) is 0 Å². The summed E-state index contributed by atoms with van der Waals surface area (Å²) in [6.07, 6.45) is 1.23. The Morgan fingerprint density at radius 1 is 0.938 bits per heavy atom. The van der Waals surface area contributed by atoms with Gasteiger partial charge in [0, 0.05) is 30.2 Å². The molecule has 0 fully saturated rings. The average molecular weight is 434 g/mol. The van der Waals surface area contributed by atoms with Gasteiger partial charge < -0.3 is 25.8 Å². The zero-order chi connectivity index (χ0) is 22.8. The molecule has 32 heavy (non-hydrogen) atoms. The first-order valence-corrected chi connectivity index (χ1v) is 9.76. The predicted molar refractivity (Wildman–Crippen MR) is 117 cm³/mol. The Bertz CT molecular complexity index is 1040. The van der Waals surface area contributed by atoms with Gasteiger partial charge in [-0.2, -0.15) is 0 Å². The average Bonchev–Trinajstić information content (AvgIpc) is 2.81. The predicted octanol–water partition coefficient (Wildman–Crippen LogP) is 3.57. The maximum Gasteiger partial charge on any atom is 0.407 e. The topological polar surface area (TPSA) is 130 Å². The molecule has 0 radical (unpaired) electrons. The summed E-state index contributed by atoms with van der Waals surface area (Å²) >= 11 is 0. The van der Waals surface area contributed by atoms with E-state index in [9.17, 15) is 14.4 Å². The number of pyridine rings is 1. The van der Waals surface area contributed by atoms with Gasteiger partial charge in [-0.15, -0.1) is 0 Å². The fourth-order valence-electron chi connectivity index (χ4n) is 2.87. The molecule has 1 heterocycles. The van der Waals surface area contributed by atoms with Crippen molar-refractivity contribution in [1.29, 1.82) is 0 Å². The molecule has 2 aromatic carbocycles. The van der Waals surface area contributed by atoms with E-state index in [-0.39, 0.29) is 19.1 Å². The van der Waals surface area contributed by atoms with Gasteiger partial charge >= 0.3 is 12.2 Å². The summed E-state index contributed by atoms with van der Waals surface area (Å²) in [4.78, 5) is 39.4. The molecule has 1 atom stereocenters. The quantitative estimate of drug-likeness (QED) is 0.429. The van der Waals surface area contributed by atoms with Crippen LogP contribution in [0.2, 0.25) is 0 Å². The summed E-state index contributed by atoms with van der Waals surface area (Å²) < 4.78 is 5.14. The van der Waals surface area contributed by atoms with Crippen molar-refractivity contribution in [3.63, 3.8) is 0 Å². The van der Waals surface area contributed by atoms with Crippen molar-refractivity contribution in [2.75, 3.05) is 11.9 Å². The number of ether oxygens (including phenoxy) is 1. The molecule has 0 spiro atoms. The van der Waals surface area contributed by atoms with Crippen LogP contribution in [0.15, 0.2) is 79.1 Å². The Hall–Kier alpha value is -4.40. The standard InChI is InChI=1S/C23H22N4O5/c28-21(26-19-10-12-24-13-11-19)18-8-6-17(7-9-18)20(27-22(29)30)14-25-23(31)32-15-16-4-2-1-3-5-16/h1-13,20,27H,14-15H2,(H,25,31)(H,29,30)(H,24,26,28).